The molecule has 4 nitrogen and oxygen atoms in total. The fourth-order valence-corrected chi connectivity index (χ4v) is 2.55. The lowest BCUT2D eigenvalue weighted by Gasteiger charge is -2.28. The smallest absolute Gasteiger partial charge is 0.241 e. The average Bonchev–Trinajstić information content (AvgIpc) is 3.18. The Morgan fingerprint density at radius 2 is 1.95 bits per heavy atom. The maximum atomic E-state index is 11.7. The van der Waals surface area contributed by atoms with Crippen LogP contribution in [0.4, 0.5) is 0 Å². The second kappa shape index (κ2) is 5.34. The lowest BCUT2D eigenvalue weighted by atomic mass is 9.85. The third-order valence-electron chi connectivity index (χ3n) is 4.18. The summed E-state index contributed by atoms with van der Waals surface area (Å²) in [6.07, 6.45) is 1.89. The number of nitrogens with two attached hydrogens (primary N) is 2. The Labute approximate surface area is 126 Å². The average molecular weight is 290 g/mol. The van der Waals surface area contributed by atoms with Gasteiger partial charge in [0.1, 0.15) is 17.9 Å². The number of primary amides is 1. The van der Waals surface area contributed by atoms with Crippen molar-refractivity contribution in [2.75, 3.05) is 6.61 Å². The molecule has 2 rings (SSSR count). The Bertz CT molecular complexity index is 544. The van der Waals surface area contributed by atoms with Gasteiger partial charge in [0.15, 0.2) is 0 Å². The van der Waals surface area contributed by atoms with Crippen LogP contribution in [0, 0.1) is 12.8 Å². The van der Waals surface area contributed by atoms with E-state index in [1.807, 2.05) is 13.0 Å². The van der Waals surface area contributed by atoms with Gasteiger partial charge in [-0.1, -0.05) is 32.9 Å². The van der Waals surface area contributed by atoms with Gasteiger partial charge >= 0.3 is 0 Å². The molecule has 0 heterocycles. The highest BCUT2D eigenvalue weighted by atomic mass is 16.5. The van der Waals surface area contributed by atoms with Crippen molar-refractivity contribution in [1.82, 2.24) is 0 Å². The molecule has 21 heavy (non-hydrogen) atoms. The van der Waals surface area contributed by atoms with Gasteiger partial charge in [-0.3, -0.25) is 4.79 Å². The van der Waals surface area contributed by atoms with E-state index in [9.17, 15) is 4.79 Å². The molecule has 1 aliphatic rings. The van der Waals surface area contributed by atoms with Gasteiger partial charge in [-0.15, -0.1) is 0 Å². The van der Waals surface area contributed by atoms with Gasteiger partial charge < -0.3 is 16.2 Å². The quantitative estimate of drug-likeness (QED) is 0.873. The van der Waals surface area contributed by atoms with E-state index < -0.39 is 11.4 Å². The minimum atomic E-state index is -1.06. The molecule has 0 saturated heterocycles. The number of carbonyl (C=O) groups excluding carboxylic acids is 1. The van der Waals surface area contributed by atoms with Gasteiger partial charge in [0, 0.05) is 0 Å². The number of ether oxygens (including phenoxy) is 1. The number of hydrogen-bond donors (Lipinski definition) is 2. The highest BCUT2D eigenvalue weighted by molar-refractivity contribution is 5.85. The first-order valence-corrected chi connectivity index (χ1v) is 7.47. The molecule has 0 spiro atoms. The van der Waals surface area contributed by atoms with Crippen molar-refractivity contribution in [3.05, 3.63) is 29.3 Å². The van der Waals surface area contributed by atoms with Crippen LogP contribution in [0.25, 0.3) is 0 Å². The number of hydrogen-bond acceptors (Lipinski definition) is 3. The first-order chi connectivity index (χ1) is 9.64. The third-order valence-corrected chi connectivity index (χ3v) is 4.18. The molecule has 0 radical (unpaired) electrons. The minimum absolute atomic E-state index is 0.0351. The molecule has 116 valence electrons. The summed E-state index contributed by atoms with van der Waals surface area (Å²) in [5.41, 5.74) is 12.8. The van der Waals surface area contributed by atoms with Crippen LogP contribution in [0.5, 0.6) is 5.75 Å². The number of aryl methyl sites for hydroxylation is 1. The van der Waals surface area contributed by atoms with E-state index in [0.29, 0.717) is 0 Å². The maximum Gasteiger partial charge on any atom is 0.241 e. The summed E-state index contributed by atoms with van der Waals surface area (Å²) < 4.78 is 5.95. The van der Waals surface area contributed by atoms with Gasteiger partial charge in [0.2, 0.25) is 5.91 Å². The van der Waals surface area contributed by atoms with E-state index in [1.165, 1.54) is 0 Å². The zero-order chi connectivity index (χ0) is 15.8. The van der Waals surface area contributed by atoms with Gasteiger partial charge in [-0.2, -0.15) is 0 Å². The minimum Gasteiger partial charge on any atom is -0.491 e. The van der Waals surface area contributed by atoms with Gasteiger partial charge in [0.05, 0.1) is 0 Å². The molecule has 1 amide bonds. The summed E-state index contributed by atoms with van der Waals surface area (Å²) in [5.74, 6) is 0.465. The molecule has 1 aliphatic carbocycles. The van der Waals surface area contributed by atoms with Crippen molar-refractivity contribution in [3.8, 4) is 5.75 Å². The fourth-order valence-electron chi connectivity index (χ4n) is 2.55. The van der Waals surface area contributed by atoms with Crippen molar-refractivity contribution in [2.45, 2.75) is 51.5 Å². The predicted molar refractivity (Wildman–Crippen MR) is 84.2 cm³/mol. The molecule has 1 aromatic carbocycles. The zero-order valence-electron chi connectivity index (χ0n) is 13.4. The standard InChI is InChI=1S/C17H26N2O2/c1-11-5-8-13(16(2,3)4)14(9-11)21-10-17(19,15(18)20)12-6-7-12/h5,8-9,12H,6-7,10,19H2,1-4H3,(H2,18,20). The largest absolute Gasteiger partial charge is 0.491 e. The van der Waals surface area contributed by atoms with Crippen molar-refractivity contribution in [3.63, 3.8) is 0 Å². The van der Waals surface area contributed by atoms with Crippen LogP contribution in [-0.2, 0) is 10.2 Å². The van der Waals surface area contributed by atoms with E-state index >= 15 is 0 Å². The van der Waals surface area contributed by atoms with Crippen LogP contribution in [0.2, 0.25) is 0 Å². The Morgan fingerprint density at radius 1 is 1.33 bits per heavy atom. The third kappa shape index (κ3) is 3.38. The van der Waals surface area contributed by atoms with Crippen LogP contribution in [0.3, 0.4) is 0 Å². The summed E-state index contributed by atoms with van der Waals surface area (Å²) in [5, 5.41) is 0. The Morgan fingerprint density at radius 3 is 2.43 bits per heavy atom. The van der Waals surface area contributed by atoms with Gasteiger partial charge in [-0.25, -0.2) is 0 Å². The van der Waals surface area contributed by atoms with Crippen LogP contribution >= 0.6 is 0 Å². The normalized spacial score (nSPS) is 18.1. The van der Waals surface area contributed by atoms with Crippen LogP contribution in [0.1, 0.15) is 44.7 Å². The van der Waals surface area contributed by atoms with Crippen LogP contribution < -0.4 is 16.2 Å². The van der Waals surface area contributed by atoms with E-state index in [-0.39, 0.29) is 17.9 Å². The molecule has 1 unspecified atom stereocenters. The van der Waals surface area contributed by atoms with E-state index in [2.05, 4.69) is 32.9 Å². The maximum absolute atomic E-state index is 11.7. The number of amides is 1. The molecular formula is C17H26N2O2. The Kier molecular flexibility index (Phi) is 4.02. The Hall–Kier alpha value is -1.55. The fraction of sp³-hybridized carbons (Fsp3) is 0.588. The van der Waals surface area contributed by atoms with Gasteiger partial charge in [0.25, 0.3) is 0 Å². The molecule has 1 fully saturated rings. The predicted octanol–water partition coefficient (Wildman–Crippen LogP) is 2.26. The molecule has 4 N–H and O–H groups in total. The van der Waals surface area contributed by atoms with Gasteiger partial charge in [-0.05, 0) is 48.3 Å². The van der Waals surface area contributed by atoms with Crippen molar-refractivity contribution < 1.29 is 9.53 Å². The molecule has 0 aromatic heterocycles. The van der Waals surface area contributed by atoms with Crippen molar-refractivity contribution in [2.24, 2.45) is 17.4 Å². The zero-order valence-corrected chi connectivity index (χ0v) is 13.4. The number of benzene rings is 1. The highest BCUT2D eigenvalue weighted by Crippen LogP contribution is 2.39. The molecule has 4 heteroatoms. The van der Waals surface area contributed by atoms with E-state index in [0.717, 1.165) is 29.7 Å². The lowest BCUT2D eigenvalue weighted by Crippen LogP contribution is -2.58. The second-order valence-electron chi connectivity index (χ2n) is 7.22. The lowest BCUT2D eigenvalue weighted by molar-refractivity contribution is -0.125. The SMILES string of the molecule is Cc1ccc(C(C)(C)C)c(OCC(N)(C(N)=O)C2CC2)c1. The summed E-state index contributed by atoms with van der Waals surface area (Å²) in [6.45, 7) is 8.56. The van der Waals surface area contributed by atoms with E-state index in [1.54, 1.807) is 0 Å². The number of rotatable bonds is 5. The van der Waals surface area contributed by atoms with E-state index in [4.69, 9.17) is 16.2 Å². The molecular weight excluding hydrogens is 264 g/mol. The highest BCUT2D eigenvalue weighted by Gasteiger charge is 2.47. The molecule has 1 atom stereocenters. The van der Waals surface area contributed by atoms with Crippen LogP contribution in [-0.4, -0.2) is 18.1 Å². The Balaban J connectivity index is 2.23. The molecule has 0 bridgehead atoms. The first-order valence-electron chi connectivity index (χ1n) is 7.47. The molecule has 1 aromatic rings. The molecule has 1 saturated carbocycles. The number of carbonyl (C=O) groups is 1. The topological polar surface area (TPSA) is 78.3 Å². The summed E-state index contributed by atoms with van der Waals surface area (Å²) in [7, 11) is 0. The first kappa shape index (κ1) is 15.8. The second-order valence-corrected chi connectivity index (χ2v) is 7.22. The summed E-state index contributed by atoms with van der Waals surface area (Å²) in [6, 6.07) is 6.14. The van der Waals surface area contributed by atoms with Crippen LogP contribution in [0.15, 0.2) is 18.2 Å². The molecule has 0 aliphatic heterocycles. The van der Waals surface area contributed by atoms with Crippen molar-refractivity contribution >= 4 is 5.91 Å². The summed E-state index contributed by atoms with van der Waals surface area (Å²) >= 11 is 0. The monoisotopic (exact) mass is 290 g/mol. The van der Waals surface area contributed by atoms with Crippen molar-refractivity contribution in [1.29, 1.82) is 0 Å². The summed E-state index contributed by atoms with van der Waals surface area (Å²) in [4.78, 5) is 11.7.